The molecule has 0 spiro atoms. The Morgan fingerprint density at radius 2 is 1.94 bits per heavy atom. The molecular weight excluding hydrogens is 246 g/mol. The predicted molar refractivity (Wildman–Crippen MR) is 63.0 cm³/mol. The van der Waals surface area contributed by atoms with Crippen molar-refractivity contribution in [1.82, 2.24) is 0 Å². The molecule has 1 aromatic carbocycles. The Kier molecular flexibility index (Phi) is 3.95. The molecular formula is C11H12ClNO2S. The highest BCUT2D eigenvalue weighted by Gasteiger charge is 2.19. The van der Waals surface area contributed by atoms with E-state index >= 15 is 0 Å². The molecule has 5 heteroatoms. The maximum absolute atomic E-state index is 11.4. The first-order chi connectivity index (χ1) is 7.43. The van der Waals surface area contributed by atoms with E-state index in [1.54, 1.807) is 0 Å². The van der Waals surface area contributed by atoms with Gasteiger partial charge < -0.3 is 0 Å². The van der Waals surface area contributed by atoms with Crippen molar-refractivity contribution in [3.8, 4) is 6.07 Å². The first kappa shape index (κ1) is 13.0. The van der Waals surface area contributed by atoms with Crippen LogP contribution in [0.25, 0.3) is 0 Å². The minimum Gasteiger partial charge on any atom is -0.207 e. The smallest absolute Gasteiger partial charge is 0.207 e. The van der Waals surface area contributed by atoms with Crippen molar-refractivity contribution in [2.24, 2.45) is 0 Å². The largest absolute Gasteiger partial charge is 0.262 e. The molecule has 0 saturated heterocycles. The van der Waals surface area contributed by atoms with Gasteiger partial charge in [0, 0.05) is 10.7 Å². The lowest BCUT2D eigenvalue weighted by atomic mass is 10.0. The highest BCUT2D eigenvalue weighted by atomic mass is 35.7. The minimum absolute atomic E-state index is 0.0760. The maximum Gasteiger partial charge on any atom is 0.262 e. The van der Waals surface area contributed by atoms with Crippen LogP contribution < -0.4 is 0 Å². The number of nitrogens with zero attached hydrogens (tertiary/aromatic N) is 1. The van der Waals surface area contributed by atoms with Gasteiger partial charge >= 0.3 is 0 Å². The van der Waals surface area contributed by atoms with E-state index in [0.29, 0.717) is 12.8 Å². The second kappa shape index (κ2) is 4.86. The molecule has 0 aliphatic rings. The Morgan fingerprint density at radius 3 is 2.31 bits per heavy atom. The van der Waals surface area contributed by atoms with Crippen LogP contribution in [0.2, 0.25) is 0 Å². The quantitative estimate of drug-likeness (QED) is 0.782. The van der Waals surface area contributed by atoms with Gasteiger partial charge in [0.05, 0.1) is 5.56 Å². The molecule has 0 aliphatic carbocycles. The number of nitriles is 1. The molecule has 0 saturated carbocycles. The van der Waals surface area contributed by atoms with Gasteiger partial charge in [-0.25, -0.2) is 8.42 Å². The molecule has 86 valence electrons. The Balaban J connectivity index is 3.65. The van der Waals surface area contributed by atoms with Crippen LogP contribution in [0.5, 0.6) is 0 Å². The van der Waals surface area contributed by atoms with Crippen molar-refractivity contribution in [3.63, 3.8) is 0 Å². The van der Waals surface area contributed by atoms with Gasteiger partial charge in [0.2, 0.25) is 0 Å². The van der Waals surface area contributed by atoms with Gasteiger partial charge in [-0.1, -0.05) is 19.9 Å². The van der Waals surface area contributed by atoms with Crippen LogP contribution in [-0.2, 0) is 21.9 Å². The van der Waals surface area contributed by atoms with Crippen LogP contribution in [0.3, 0.4) is 0 Å². The zero-order valence-electron chi connectivity index (χ0n) is 9.12. The van der Waals surface area contributed by atoms with Crippen LogP contribution in [-0.4, -0.2) is 8.42 Å². The average molecular weight is 258 g/mol. The SMILES string of the molecule is CCc1cc(CC)c(C#N)c(S(=O)(=O)Cl)c1. The fourth-order valence-electron chi connectivity index (χ4n) is 1.54. The monoisotopic (exact) mass is 257 g/mol. The van der Waals surface area contributed by atoms with E-state index in [4.69, 9.17) is 15.9 Å². The van der Waals surface area contributed by atoms with Gasteiger partial charge in [0.15, 0.2) is 0 Å². The van der Waals surface area contributed by atoms with E-state index < -0.39 is 9.05 Å². The van der Waals surface area contributed by atoms with Crippen molar-refractivity contribution in [3.05, 3.63) is 28.8 Å². The fraction of sp³-hybridized carbons (Fsp3) is 0.364. The van der Waals surface area contributed by atoms with Crippen molar-refractivity contribution in [2.75, 3.05) is 0 Å². The molecule has 0 aromatic heterocycles. The summed E-state index contributed by atoms with van der Waals surface area (Å²) >= 11 is 0. The van der Waals surface area contributed by atoms with Gasteiger partial charge in [-0.15, -0.1) is 0 Å². The number of aryl methyl sites for hydroxylation is 2. The van der Waals surface area contributed by atoms with Gasteiger partial charge in [-0.3, -0.25) is 0 Å². The highest BCUT2D eigenvalue weighted by molar-refractivity contribution is 8.13. The lowest BCUT2D eigenvalue weighted by Crippen LogP contribution is -2.01. The number of halogens is 1. The van der Waals surface area contributed by atoms with Crippen molar-refractivity contribution >= 4 is 19.7 Å². The summed E-state index contributed by atoms with van der Waals surface area (Å²) in [7, 11) is 1.46. The van der Waals surface area contributed by atoms with Crippen LogP contribution in [0.4, 0.5) is 0 Å². The van der Waals surface area contributed by atoms with Gasteiger partial charge in [0.25, 0.3) is 9.05 Å². The molecule has 0 radical (unpaired) electrons. The van der Waals surface area contributed by atoms with Gasteiger partial charge in [0.1, 0.15) is 11.0 Å². The van der Waals surface area contributed by atoms with Crippen LogP contribution in [0.15, 0.2) is 17.0 Å². The van der Waals surface area contributed by atoms with E-state index in [2.05, 4.69) is 0 Å². The summed E-state index contributed by atoms with van der Waals surface area (Å²) in [6.45, 7) is 3.80. The fourth-order valence-corrected chi connectivity index (χ4v) is 2.62. The topological polar surface area (TPSA) is 57.9 Å². The van der Waals surface area contributed by atoms with Crippen LogP contribution >= 0.6 is 10.7 Å². The lowest BCUT2D eigenvalue weighted by Gasteiger charge is -2.08. The molecule has 0 heterocycles. The summed E-state index contributed by atoms with van der Waals surface area (Å²) in [4.78, 5) is -0.0760. The second-order valence-corrected chi connectivity index (χ2v) is 5.92. The third kappa shape index (κ3) is 2.55. The molecule has 0 N–H and O–H groups in total. The first-order valence-electron chi connectivity index (χ1n) is 4.94. The number of hydrogen-bond donors (Lipinski definition) is 0. The molecule has 3 nitrogen and oxygen atoms in total. The van der Waals surface area contributed by atoms with E-state index in [1.807, 2.05) is 26.0 Å². The van der Waals surface area contributed by atoms with Gasteiger partial charge in [-0.05, 0) is 30.0 Å². The van der Waals surface area contributed by atoms with E-state index in [9.17, 15) is 8.42 Å². The van der Waals surface area contributed by atoms with E-state index in [-0.39, 0.29) is 10.5 Å². The van der Waals surface area contributed by atoms with Crippen molar-refractivity contribution < 1.29 is 8.42 Å². The highest BCUT2D eigenvalue weighted by Crippen LogP contribution is 2.25. The minimum atomic E-state index is -3.86. The summed E-state index contributed by atoms with van der Waals surface area (Å²) in [5.74, 6) is 0. The Hall–Kier alpha value is -1.05. The maximum atomic E-state index is 11.4. The average Bonchev–Trinajstić information content (AvgIpc) is 2.25. The summed E-state index contributed by atoms with van der Waals surface area (Å²) in [5.41, 5.74) is 1.76. The van der Waals surface area contributed by atoms with Crippen LogP contribution in [0, 0.1) is 11.3 Å². The zero-order valence-corrected chi connectivity index (χ0v) is 10.7. The van der Waals surface area contributed by atoms with Gasteiger partial charge in [-0.2, -0.15) is 5.26 Å². The number of rotatable bonds is 3. The summed E-state index contributed by atoms with van der Waals surface area (Å²) < 4.78 is 22.7. The van der Waals surface area contributed by atoms with Crippen molar-refractivity contribution in [1.29, 1.82) is 5.26 Å². The van der Waals surface area contributed by atoms with E-state index in [1.165, 1.54) is 6.07 Å². The second-order valence-electron chi connectivity index (χ2n) is 3.38. The number of benzene rings is 1. The van der Waals surface area contributed by atoms with E-state index in [0.717, 1.165) is 11.1 Å². The Labute approximate surface area is 100 Å². The third-order valence-corrected chi connectivity index (χ3v) is 3.75. The normalized spacial score (nSPS) is 11.1. The zero-order chi connectivity index (χ0) is 12.3. The molecule has 0 unspecified atom stereocenters. The molecule has 0 fully saturated rings. The Morgan fingerprint density at radius 1 is 1.31 bits per heavy atom. The third-order valence-electron chi connectivity index (χ3n) is 2.41. The van der Waals surface area contributed by atoms with Crippen molar-refractivity contribution in [2.45, 2.75) is 31.6 Å². The number of hydrogen-bond acceptors (Lipinski definition) is 3. The Bertz CT molecular complexity index is 544. The molecule has 1 rings (SSSR count). The molecule has 0 aliphatic heterocycles. The molecule has 16 heavy (non-hydrogen) atoms. The predicted octanol–water partition coefficient (Wildman–Crippen LogP) is 2.61. The molecule has 0 atom stereocenters. The summed E-state index contributed by atoms with van der Waals surface area (Å²) in [6.07, 6.45) is 1.31. The summed E-state index contributed by atoms with van der Waals surface area (Å²) in [6, 6.07) is 5.23. The standard InChI is InChI=1S/C11H12ClNO2S/c1-3-8-5-9(4-2)10(7-13)11(6-8)16(12,14)15/h5-6H,3-4H2,1-2H3. The molecule has 0 bridgehead atoms. The van der Waals surface area contributed by atoms with Crippen LogP contribution in [0.1, 0.15) is 30.5 Å². The lowest BCUT2D eigenvalue weighted by molar-refractivity contribution is 0.609. The molecule has 0 amide bonds. The molecule has 1 aromatic rings. The first-order valence-corrected chi connectivity index (χ1v) is 7.25. The summed E-state index contributed by atoms with van der Waals surface area (Å²) in [5, 5.41) is 8.98.